The molecule has 0 bridgehead atoms. The lowest BCUT2D eigenvalue weighted by molar-refractivity contribution is -0.136. The van der Waals surface area contributed by atoms with Gasteiger partial charge in [-0.2, -0.15) is 0 Å². The largest absolute Gasteiger partial charge is 0.466 e. The van der Waals surface area contributed by atoms with Crippen LogP contribution in [0.3, 0.4) is 0 Å². The zero-order valence-corrected chi connectivity index (χ0v) is 18.3. The Balaban J connectivity index is 1.84. The standard InChI is InChI=1S/C23H24ClN3O4/c1-4-13-27-14(2)19(22(29)31-3)20(26-23(27)30)15-7-11-18(12-8-15)25-21(28)16-5-9-17(24)10-6-16/h5-12,20H,4,13H2,1-3H3,(H,25,28)(H,26,30). The molecular weight excluding hydrogens is 418 g/mol. The molecule has 0 saturated heterocycles. The van der Waals surface area contributed by atoms with Gasteiger partial charge in [0.15, 0.2) is 0 Å². The van der Waals surface area contributed by atoms with Crippen LogP contribution in [0.2, 0.25) is 5.02 Å². The monoisotopic (exact) mass is 441 g/mol. The summed E-state index contributed by atoms with van der Waals surface area (Å²) < 4.78 is 4.97. The van der Waals surface area contributed by atoms with Gasteiger partial charge in [0.25, 0.3) is 5.91 Å². The molecule has 1 unspecified atom stereocenters. The molecule has 31 heavy (non-hydrogen) atoms. The van der Waals surface area contributed by atoms with Crippen LogP contribution in [0.4, 0.5) is 10.5 Å². The van der Waals surface area contributed by atoms with Crippen molar-refractivity contribution in [2.24, 2.45) is 0 Å². The van der Waals surface area contributed by atoms with Crippen molar-refractivity contribution in [1.29, 1.82) is 0 Å². The summed E-state index contributed by atoms with van der Waals surface area (Å²) >= 11 is 5.86. The Morgan fingerprint density at radius 2 is 1.77 bits per heavy atom. The smallest absolute Gasteiger partial charge is 0.337 e. The number of ether oxygens (including phenoxy) is 1. The highest BCUT2D eigenvalue weighted by atomic mass is 35.5. The number of urea groups is 1. The normalized spacial score (nSPS) is 16.1. The van der Waals surface area contributed by atoms with Crippen molar-refractivity contribution in [3.63, 3.8) is 0 Å². The minimum atomic E-state index is -0.644. The van der Waals surface area contributed by atoms with Crippen LogP contribution >= 0.6 is 11.6 Å². The number of anilines is 1. The van der Waals surface area contributed by atoms with Crippen molar-refractivity contribution in [2.75, 3.05) is 19.0 Å². The maximum Gasteiger partial charge on any atom is 0.337 e. The maximum absolute atomic E-state index is 12.6. The molecule has 1 aliphatic heterocycles. The third-order valence-electron chi connectivity index (χ3n) is 5.06. The number of esters is 1. The van der Waals surface area contributed by atoms with E-state index in [1.54, 1.807) is 60.4 Å². The Morgan fingerprint density at radius 3 is 2.35 bits per heavy atom. The molecule has 0 fully saturated rings. The lowest BCUT2D eigenvalue weighted by atomic mass is 9.94. The summed E-state index contributed by atoms with van der Waals surface area (Å²) in [5, 5.41) is 6.25. The van der Waals surface area contributed by atoms with Gasteiger partial charge in [-0.1, -0.05) is 30.7 Å². The topological polar surface area (TPSA) is 87.7 Å². The number of hydrogen-bond acceptors (Lipinski definition) is 4. The van der Waals surface area contributed by atoms with E-state index in [2.05, 4.69) is 10.6 Å². The van der Waals surface area contributed by atoms with Gasteiger partial charge in [0, 0.05) is 28.5 Å². The van der Waals surface area contributed by atoms with Gasteiger partial charge in [-0.3, -0.25) is 9.69 Å². The Kier molecular flexibility index (Phi) is 6.97. The molecule has 1 atom stereocenters. The zero-order chi connectivity index (χ0) is 22.5. The van der Waals surface area contributed by atoms with E-state index in [1.165, 1.54) is 7.11 Å². The molecule has 2 aromatic rings. The molecule has 7 nitrogen and oxygen atoms in total. The average Bonchev–Trinajstić information content (AvgIpc) is 2.76. The highest BCUT2D eigenvalue weighted by Crippen LogP contribution is 2.32. The molecule has 8 heteroatoms. The summed E-state index contributed by atoms with van der Waals surface area (Å²) in [6.45, 7) is 4.20. The molecule has 162 valence electrons. The first kappa shape index (κ1) is 22.4. The number of benzene rings is 2. The summed E-state index contributed by atoms with van der Waals surface area (Å²) in [7, 11) is 1.32. The predicted octanol–water partition coefficient (Wildman–Crippen LogP) is 4.52. The van der Waals surface area contributed by atoms with Gasteiger partial charge in [-0.25, -0.2) is 9.59 Å². The second kappa shape index (κ2) is 9.66. The van der Waals surface area contributed by atoms with Crippen LogP contribution < -0.4 is 10.6 Å². The minimum Gasteiger partial charge on any atom is -0.466 e. The van der Waals surface area contributed by atoms with E-state index in [-0.39, 0.29) is 11.9 Å². The molecule has 3 amide bonds. The number of rotatable bonds is 6. The molecule has 0 aromatic heterocycles. The number of methoxy groups -OCH3 is 1. The summed E-state index contributed by atoms with van der Waals surface area (Å²) in [4.78, 5) is 39.0. The van der Waals surface area contributed by atoms with E-state index in [9.17, 15) is 14.4 Å². The van der Waals surface area contributed by atoms with Gasteiger partial charge in [0.1, 0.15) is 0 Å². The molecule has 2 N–H and O–H groups in total. The molecular formula is C23H24ClN3O4. The van der Waals surface area contributed by atoms with Crippen molar-refractivity contribution in [3.05, 3.63) is 76.0 Å². The predicted molar refractivity (Wildman–Crippen MR) is 119 cm³/mol. The lowest BCUT2D eigenvalue weighted by Gasteiger charge is -2.35. The number of hydrogen-bond donors (Lipinski definition) is 2. The van der Waals surface area contributed by atoms with Crippen LogP contribution in [0.25, 0.3) is 0 Å². The molecule has 0 spiro atoms. The fourth-order valence-corrected chi connectivity index (χ4v) is 3.59. The zero-order valence-electron chi connectivity index (χ0n) is 17.6. The van der Waals surface area contributed by atoms with Crippen molar-refractivity contribution in [3.8, 4) is 0 Å². The van der Waals surface area contributed by atoms with Crippen LogP contribution in [0.15, 0.2) is 59.8 Å². The highest BCUT2D eigenvalue weighted by Gasteiger charge is 2.35. The number of allylic oxidation sites excluding steroid dienone is 1. The molecule has 3 rings (SSSR count). The second-order valence-corrected chi connectivity index (χ2v) is 7.54. The van der Waals surface area contributed by atoms with Gasteiger partial charge in [-0.15, -0.1) is 0 Å². The van der Waals surface area contributed by atoms with E-state index < -0.39 is 12.0 Å². The minimum absolute atomic E-state index is 0.267. The fourth-order valence-electron chi connectivity index (χ4n) is 3.46. The third kappa shape index (κ3) is 4.88. The molecule has 1 heterocycles. The van der Waals surface area contributed by atoms with E-state index in [0.717, 1.165) is 6.42 Å². The van der Waals surface area contributed by atoms with Crippen molar-refractivity contribution >= 4 is 35.2 Å². The van der Waals surface area contributed by atoms with Gasteiger partial charge in [0.05, 0.1) is 18.7 Å². The first-order valence-electron chi connectivity index (χ1n) is 9.89. The van der Waals surface area contributed by atoms with E-state index in [4.69, 9.17) is 16.3 Å². The molecule has 0 aliphatic carbocycles. The quantitative estimate of drug-likeness (QED) is 0.645. The number of amides is 3. The number of nitrogens with zero attached hydrogens (tertiary/aromatic N) is 1. The Morgan fingerprint density at radius 1 is 1.13 bits per heavy atom. The molecule has 2 aromatic carbocycles. The number of nitrogens with one attached hydrogen (secondary N) is 2. The molecule has 1 aliphatic rings. The Labute approximate surface area is 186 Å². The Bertz CT molecular complexity index is 1020. The van der Waals surface area contributed by atoms with Gasteiger partial charge >= 0.3 is 12.0 Å². The second-order valence-electron chi connectivity index (χ2n) is 7.11. The van der Waals surface area contributed by atoms with Gasteiger partial charge in [0.2, 0.25) is 0 Å². The van der Waals surface area contributed by atoms with Crippen LogP contribution in [-0.2, 0) is 9.53 Å². The summed E-state index contributed by atoms with van der Waals surface area (Å²) in [6, 6.07) is 12.6. The van der Waals surface area contributed by atoms with Crippen LogP contribution in [0.1, 0.15) is 42.2 Å². The van der Waals surface area contributed by atoms with Crippen LogP contribution in [-0.4, -0.2) is 36.5 Å². The van der Waals surface area contributed by atoms with E-state index in [0.29, 0.717) is 39.7 Å². The number of carbonyl (C=O) groups is 3. The molecule has 0 saturated carbocycles. The fraction of sp³-hybridized carbons (Fsp3) is 0.261. The number of halogens is 1. The van der Waals surface area contributed by atoms with E-state index in [1.807, 2.05) is 6.92 Å². The van der Waals surface area contributed by atoms with Crippen LogP contribution in [0, 0.1) is 0 Å². The summed E-state index contributed by atoms with van der Waals surface area (Å²) in [5.74, 6) is -0.764. The summed E-state index contributed by atoms with van der Waals surface area (Å²) in [6.07, 6.45) is 0.756. The first-order valence-corrected chi connectivity index (χ1v) is 10.3. The first-order chi connectivity index (χ1) is 14.8. The Hall–Kier alpha value is -3.32. The van der Waals surface area contributed by atoms with Crippen molar-refractivity contribution in [1.82, 2.24) is 10.2 Å². The molecule has 0 radical (unpaired) electrons. The maximum atomic E-state index is 12.6. The SMILES string of the molecule is CCCN1C(=O)NC(c2ccc(NC(=O)c3ccc(Cl)cc3)cc2)C(C(=O)OC)=C1C. The number of carbonyl (C=O) groups excluding carboxylic acids is 3. The van der Waals surface area contributed by atoms with E-state index >= 15 is 0 Å². The van der Waals surface area contributed by atoms with Gasteiger partial charge < -0.3 is 15.4 Å². The van der Waals surface area contributed by atoms with Crippen LogP contribution in [0.5, 0.6) is 0 Å². The van der Waals surface area contributed by atoms with Gasteiger partial charge in [-0.05, 0) is 55.3 Å². The highest BCUT2D eigenvalue weighted by molar-refractivity contribution is 6.30. The lowest BCUT2D eigenvalue weighted by Crippen LogP contribution is -2.48. The summed E-state index contributed by atoms with van der Waals surface area (Å²) in [5.41, 5.74) is 2.72. The van der Waals surface area contributed by atoms with Crippen molar-refractivity contribution < 1.29 is 19.1 Å². The van der Waals surface area contributed by atoms with Crippen molar-refractivity contribution in [2.45, 2.75) is 26.3 Å². The average molecular weight is 442 g/mol. The third-order valence-corrected chi connectivity index (χ3v) is 5.31.